The van der Waals surface area contributed by atoms with E-state index in [2.05, 4.69) is 13.8 Å². The van der Waals surface area contributed by atoms with Crippen LogP contribution in [0.2, 0.25) is 0 Å². The van der Waals surface area contributed by atoms with Gasteiger partial charge in [-0.3, -0.25) is 0 Å². The molecule has 1 aliphatic heterocycles. The summed E-state index contributed by atoms with van der Waals surface area (Å²) in [6, 6.07) is 0. The molecule has 166 valence electrons. The van der Waals surface area contributed by atoms with Gasteiger partial charge >= 0.3 is 0 Å². The molecule has 1 saturated heterocycles. The van der Waals surface area contributed by atoms with E-state index in [9.17, 15) is 5.11 Å². The highest BCUT2D eigenvalue weighted by atomic mass is 16.5. The van der Waals surface area contributed by atoms with Gasteiger partial charge in [-0.05, 0) is 117 Å². The van der Waals surface area contributed by atoms with Crippen molar-refractivity contribution in [1.82, 2.24) is 0 Å². The number of rotatable bonds is 4. The van der Waals surface area contributed by atoms with Gasteiger partial charge in [0.2, 0.25) is 0 Å². The van der Waals surface area contributed by atoms with Crippen LogP contribution in [0.15, 0.2) is 0 Å². The van der Waals surface area contributed by atoms with Crippen molar-refractivity contribution in [3.8, 4) is 0 Å². The Kier molecular flexibility index (Phi) is 5.80. The Bertz CT molecular complexity index is 572. The number of fused-ring (bicyclic) bond motifs is 5. The molecule has 0 spiro atoms. The third kappa shape index (κ3) is 3.52. The Morgan fingerprint density at radius 3 is 2.52 bits per heavy atom. The van der Waals surface area contributed by atoms with Crippen molar-refractivity contribution in [2.75, 3.05) is 19.8 Å². The van der Waals surface area contributed by atoms with Gasteiger partial charge in [0.1, 0.15) is 0 Å². The van der Waals surface area contributed by atoms with E-state index in [4.69, 9.17) is 9.47 Å². The number of aliphatic hydroxyl groups excluding tert-OH is 1. The van der Waals surface area contributed by atoms with E-state index in [1.54, 1.807) is 0 Å². The van der Waals surface area contributed by atoms with E-state index in [0.717, 1.165) is 49.2 Å². The van der Waals surface area contributed by atoms with Crippen LogP contribution in [0.5, 0.6) is 0 Å². The summed E-state index contributed by atoms with van der Waals surface area (Å²) in [5.74, 6) is 4.44. The molecule has 5 fully saturated rings. The summed E-state index contributed by atoms with van der Waals surface area (Å²) in [7, 11) is 0. The van der Waals surface area contributed by atoms with Crippen LogP contribution in [0, 0.1) is 40.4 Å². The van der Waals surface area contributed by atoms with E-state index >= 15 is 0 Å². The van der Waals surface area contributed by atoms with E-state index in [0.29, 0.717) is 29.6 Å². The van der Waals surface area contributed by atoms with Gasteiger partial charge < -0.3 is 14.6 Å². The molecule has 0 aromatic carbocycles. The van der Waals surface area contributed by atoms with Crippen LogP contribution in [-0.4, -0.2) is 37.1 Å². The largest absolute Gasteiger partial charge is 0.396 e. The molecule has 5 aliphatic rings. The maximum absolute atomic E-state index is 9.58. The van der Waals surface area contributed by atoms with Crippen molar-refractivity contribution in [2.45, 2.75) is 103 Å². The molecule has 3 nitrogen and oxygen atoms in total. The first kappa shape index (κ1) is 20.8. The Labute approximate surface area is 178 Å². The Morgan fingerprint density at radius 1 is 0.897 bits per heavy atom. The maximum Gasteiger partial charge on any atom is 0.0813 e. The molecule has 1 unspecified atom stereocenters. The minimum absolute atomic E-state index is 0.354. The second-order valence-electron chi connectivity index (χ2n) is 11.9. The fourth-order valence-corrected chi connectivity index (χ4v) is 9.17. The highest BCUT2D eigenvalue weighted by Gasteiger charge is 2.60. The molecular weight excluding hydrogens is 360 g/mol. The lowest BCUT2D eigenvalue weighted by molar-refractivity contribution is -0.154. The van der Waals surface area contributed by atoms with Gasteiger partial charge in [0.05, 0.1) is 18.8 Å². The number of hydrogen-bond acceptors (Lipinski definition) is 3. The lowest BCUT2D eigenvalue weighted by Gasteiger charge is -2.61. The average Bonchev–Trinajstić information content (AvgIpc) is 3.06. The van der Waals surface area contributed by atoms with Crippen LogP contribution in [0.25, 0.3) is 0 Å². The molecule has 0 aromatic rings. The Hall–Kier alpha value is -0.120. The van der Waals surface area contributed by atoms with Crippen molar-refractivity contribution in [3.05, 3.63) is 0 Å². The van der Waals surface area contributed by atoms with Crippen LogP contribution in [0.3, 0.4) is 0 Å². The topological polar surface area (TPSA) is 38.7 Å². The second kappa shape index (κ2) is 8.10. The molecule has 0 bridgehead atoms. The number of ether oxygens (including phenoxy) is 2. The van der Waals surface area contributed by atoms with Crippen LogP contribution < -0.4 is 0 Å². The second-order valence-corrected chi connectivity index (χ2v) is 11.9. The molecule has 0 aromatic heterocycles. The van der Waals surface area contributed by atoms with Gasteiger partial charge in [-0.25, -0.2) is 0 Å². The molecule has 1 heterocycles. The zero-order valence-corrected chi connectivity index (χ0v) is 18.9. The van der Waals surface area contributed by atoms with Crippen molar-refractivity contribution in [3.63, 3.8) is 0 Å². The highest BCUT2D eigenvalue weighted by molar-refractivity contribution is 5.09. The molecule has 4 aliphatic carbocycles. The van der Waals surface area contributed by atoms with Gasteiger partial charge in [0.25, 0.3) is 0 Å². The van der Waals surface area contributed by atoms with Gasteiger partial charge in [0, 0.05) is 13.2 Å². The summed E-state index contributed by atoms with van der Waals surface area (Å²) in [6.07, 6.45) is 16.7. The number of hydrogen-bond donors (Lipinski definition) is 1. The Balaban J connectivity index is 1.26. The SMILES string of the molecule is C[C@]12CC[C@H](OC3CCCOC3)C[C@@H]1CC[C@@H]1[C@@H]2CC[C@]2(C)[C@@H](CCO)CC[C@@H]12. The predicted molar refractivity (Wildman–Crippen MR) is 116 cm³/mol. The molecule has 1 N–H and O–H groups in total. The maximum atomic E-state index is 9.58. The van der Waals surface area contributed by atoms with E-state index < -0.39 is 0 Å². The monoisotopic (exact) mass is 404 g/mol. The fourth-order valence-electron chi connectivity index (χ4n) is 9.17. The standard InChI is InChI=1S/C26H44O3/c1-25-13-10-24-22(23(25)8-6-18(25)11-14-27)7-5-19-16-20(9-12-26(19,24)2)29-21-4-3-15-28-17-21/h18-24,27H,3-17H2,1-2H3/t18-,19+,20+,21?,22+,23+,24+,25-,26+/m1/s1. The van der Waals surface area contributed by atoms with Crippen LogP contribution in [0.4, 0.5) is 0 Å². The van der Waals surface area contributed by atoms with E-state index in [1.165, 1.54) is 70.6 Å². The number of aliphatic hydroxyl groups is 1. The van der Waals surface area contributed by atoms with Crippen molar-refractivity contribution in [2.24, 2.45) is 40.4 Å². The van der Waals surface area contributed by atoms with Crippen molar-refractivity contribution < 1.29 is 14.6 Å². The summed E-state index contributed by atoms with van der Waals surface area (Å²) in [6.45, 7) is 7.38. The molecule has 5 rings (SSSR count). The van der Waals surface area contributed by atoms with Crippen molar-refractivity contribution >= 4 is 0 Å². The smallest absolute Gasteiger partial charge is 0.0813 e. The predicted octanol–water partition coefficient (Wildman–Crippen LogP) is 5.59. The lowest BCUT2D eigenvalue weighted by Crippen LogP contribution is -2.54. The first-order valence-electron chi connectivity index (χ1n) is 12.9. The van der Waals surface area contributed by atoms with E-state index in [-0.39, 0.29) is 0 Å². The average molecular weight is 405 g/mol. The Morgan fingerprint density at radius 2 is 1.72 bits per heavy atom. The summed E-state index contributed by atoms with van der Waals surface area (Å²) in [4.78, 5) is 0. The van der Waals surface area contributed by atoms with Crippen molar-refractivity contribution in [1.29, 1.82) is 0 Å². The van der Waals surface area contributed by atoms with Crippen LogP contribution in [-0.2, 0) is 9.47 Å². The third-order valence-electron chi connectivity index (χ3n) is 10.8. The molecule has 0 amide bonds. The first-order valence-corrected chi connectivity index (χ1v) is 12.9. The molecular formula is C26H44O3. The minimum Gasteiger partial charge on any atom is -0.396 e. The minimum atomic E-state index is 0.354. The quantitative estimate of drug-likeness (QED) is 0.663. The zero-order chi connectivity index (χ0) is 20.1. The molecule has 4 saturated carbocycles. The van der Waals surface area contributed by atoms with Crippen LogP contribution >= 0.6 is 0 Å². The van der Waals surface area contributed by atoms with Gasteiger partial charge in [0.15, 0.2) is 0 Å². The third-order valence-corrected chi connectivity index (χ3v) is 10.8. The molecule has 9 atom stereocenters. The van der Waals surface area contributed by atoms with Gasteiger partial charge in [-0.15, -0.1) is 0 Å². The molecule has 29 heavy (non-hydrogen) atoms. The normalized spacial score (nSPS) is 52.4. The fraction of sp³-hybridized carbons (Fsp3) is 1.00. The summed E-state index contributed by atoms with van der Waals surface area (Å²) in [5, 5.41) is 9.58. The van der Waals surface area contributed by atoms with Gasteiger partial charge in [-0.2, -0.15) is 0 Å². The van der Waals surface area contributed by atoms with E-state index in [1.807, 2.05) is 0 Å². The summed E-state index contributed by atoms with van der Waals surface area (Å²) in [5.41, 5.74) is 1.05. The first-order chi connectivity index (χ1) is 14.0. The summed E-state index contributed by atoms with van der Waals surface area (Å²) < 4.78 is 12.2. The highest BCUT2D eigenvalue weighted by Crippen LogP contribution is 2.67. The molecule has 3 heteroatoms. The molecule has 0 radical (unpaired) electrons. The zero-order valence-electron chi connectivity index (χ0n) is 18.9. The lowest BCUT2D eigenvalue weighted by atomic mass is 9.44. The van der Waals surface area contributed by atoms with Crippen LogP contribution in [0.1, 0.15) is 90.9 Å². The summed E-state index contributed by atoms with van der Waals surface area (Å²) >= 11 is 0. The van der Waals surface area contributed by atoms with Gasteiger partial charge in [-0.1, -0.05) is 13.8 Å².